The van der Waals surface area contributed by atoms with E-state index in [4.69, 9.17) is 4.74 Å². The first-order chi connectivity index (χ1) is 11.7. The summed E-state index contributed by atoms with van der Waals surface area (Å²) >= 11 is 0. The summed E-state index contributed by atoms with van der Waals surface area (Å²) in [6.07, 6.45) is 2.94. The smallest absolute Gasteiger partial charge is 0.234 e. The molecule has 0 aromatic carbocycles. The highest BCUT2D eigenvalue weighted by atomic mass is 19.1. The number of alkyl halides is 1. The second-order valence-corrected chi connectivity index (χ2v) is 6.27. The third-order valence-electron chi connectivity index (χ3n) is 4.45. The van der Waals surface area contributed by atoms with E-state index in [0.29, 0.717) is 51.6 Å². The monoisotopic (exact) mass is 337 g/mol. The van der Waals surface area contributed by atoms with Crippen molar-refractivity contribution < 1.29 is 13.9 Å². The van der Waals surface area contributed by atoms with Gasteiger partial charge in [0.05, 0.1) is 26.3 Å². The number of carbonyl (C=O) groups excluding carboxylic acids is 1. The van der Waals surface area contributed by atoms with Gasteiger partial charge in [0, 0.05) is 44.6 Å². The Balaban J connectivity index is 1.46. The second kappa shape index (κ2) is 8.46. The molecule has 8 heteroatoms. The third kappa shape index (κ3) is 4.93. The van der Waals surface area contributed by atoms with Gasteiger partial charge in [-0.05, 0) is 12.5 Å². The van der Waals surface area contributed by atoms with Gasteiger partial charge in [0.25, 0.3) is 0 Å². The summed E-state index contributed by atoms with van der Waals surface area (Å²) in [7, 11) is 0. The van der Waals surface area contributed by atoms with Crippen LogP contribution in [0.15, 0.2) is 18.5 Å². The summed E-state index contributed by atoms with van der Waals surface area (Å²) in [6.45, 7) is 4.59. The average molecular weight is 337 g/mol. The number of nitrogens with zero attached hydrogens (tertiary/aromatic N) is 4. The quantitative estimate of drug-likeness (QED) is 0.778. The number of carbonyl (C=O) groups is 1. The lowest BCUT2D eigenvalue weighted by atomic mass is 10.2. The molecule has 1 amide bonds. The predicted octanol–water partition coefficient (Wildman–Crippen LogP) is -0.163. The normalized spacial score (nSPS) is 25.7. The van der Waals surface area contributed by atoms with E-state index in [-0.39, 0.29) is 11.9 Å². The summed E-state index contributed by atoms with van der Waals surface area (Å²) < 4.78 is 19.1. The summed E-state index contributed by atoms with van der Waals surface area (Å²) in [4.78, 5) is 24.5. The highest BCUT2D eigenvalue weighted by Crippen LogP contribution is 2.21. The number of amides is 1. The van der Waals surface area contributed by atoms with Gasteiger partial charge < -0.3 is 10.1 Å². The fraction of sp³-hybridized carbons (Fsp3) is 0.688. The maximum absolute atomic E-state index is 13.8. The van der Waals surface area contributed by atoms with Gasteiger partial charge in [0.2, 0.25) is 5.91 Å². The van der Waals surface area contributed by atoms with Gasteiger partial charge in [-0.3, -0.25) is 14.6 Å². The molecule has 0 saturated carbocycles. The zero-order valence-corrected chi connectivity index (χ0v) is 13.7. The summed E-state index contributed by atoms with van der Waals surface area (Å²) in [5.74, 6) is 0.659. The Kier molecular flexibility index (Phi) is 6.06. The van der Waals surface area contributed by atoms with E-state index in [9.17, 15) is 9.18 Å². The first-order valence-electron chi connectivity index (χ1n) is 8.41. The van der Waals surface area contributed by atoms with Crippen LogP contribution in [0.5, 0.6) is 0 Å². The number of likely N-dealkylation sites (tertiary alicyclic amines) is 1. The Hall–Kier alpha value is -1.64. The molecular weight excluding hydrogens is 313 g/mol. The topological polar surface area (TPSA) is 70.6 Å². The molecule has 2 fully saturated rings. The van der Waals surface area contributed by atoms with Crippen LogP contribution in [0.4, 0.5) is 4.39 Å². The molecule has 0 radical (unpaired) electrons. The third-order valence-corrected chi connectivity index (χ3v) is 4.45. The standard InChI is InChI=1S/C16H24FN5O2/c17-13-8-14(22(10-13)11-15-18-2-1-3-19-15)9-20-16(23)12-21-4-6-24-7-5-21/h1-3,13-14H,4-12H2,(H,20,23)/t13-,14-/m0/s1. The minimum absolute atomic E-state index is 0.0163. The van der Waals surface area contributed by atoms with Crippen LogP contribution in [0.3, 0.4) is 0 Å². The maximum atomic E-state index is 13.8. The second-order valence-electron chi connectivity index (χ2n) is 6.27. The van der Waals surface area contributed by atoms with Crippen molar-refractivity contribution in [3.63, 3.8) is 0 Å². The summed E-state index contributed by atoms with van der Waals surface area (Å²) in [5, 5.41) is 2.94. The van der Waals surface area contributed by atoms with E-state index < -0.39 is 6.17 Å². The van der Waals surface area contributed by atoms with E-state index in [1.165, 1.54) is 0 Å². The molecule has 1 aromatic heterocycles. The minimum atomic E-state index is -0.866. The molecule has 0 unspecified atom stereocenters. The molecular formula is C16H24FN5O2. The average Bonchev–Trinajstić information content (AvgIpc) is 2.94. The Morgan fingerprint density at radius 3 is 2.83 bits per heavy atom. The molecule has 3 rings (SSSR count). The Morgan fingerprint density at radius 2 is 2.08 bits per heavy atom. The number of hydrogen-bond donors (Lipinski definition) is 1. The van der Waals surface area contributed by atoms with Crippen molar-refractivity contribution in [2.75, 3.05) is 45.9 Å². The van der Waals surface area contributed by atoms with Gasteiger partial charge in [-0.15, -0.1) is 0 Å². The highest BCUT2D eigenvalue weighted by Gasteiger charge is 2.32. The molecule has 2 saturated heterocycles. The van der Waals surface area contributed by atoms with Crippen molar-refractivity contribution in [3.8, 4) is 0 Å². The first kappa shape index (κ1) is 17.2. The van der Waals surface area contributed by atoms with E-state index in [1.807, 2.05) is 4.90 Å². The number of morpholine rings is 1. The van der Waals surface area contributed by atoms with Crippen molar-refractivity contribution in [2.45, 2.75) is 25.2 Å². The van der Waals surface area contributed by atoms with Gasteiger partial charge >= 0.3 is 0 Å². The van der Waals surface area contributed by atoms with Crippen LogP contribution < -0.4 is 5.32 Å². The van der Waals surface area contributed by atoms with Crippen LogP contribution in [0.2, 0.25) is 0 Å². The largest absolute Gasteiger partial charge is 0.379 e. The Labute approximate surface area is 141 Å². The van der Waals surface area contributed by atoms with Gasteiger partial charge in [0.15, 0.2) is 0 Å². The number of ether oxygens (including phenoxy) is 1. The number of hydrogen-bond acceptors (Lipinski definition) is 6. The molecule has 1 aromatic rings. The van der Waals surface area contributed by atoms with E-state index in [1.54, 1.807) is 18.5 Å². The fourth-order valence-corrected chi connectivity index (χ4v) is 3.17. The summed E-state index contributed by atoms with van der Waals surface area (Å²) in [5.41, 5.74) is 0. The van der Waals surface area contributed by atoms with E-state index in [0.717, 1.165) is 13.1 Å². The lowest BCUT2D eigenvalue weighted by Gasteiger charge is -2.27. The number of rotatable bonds is 6. The lowest BCUT2D eigenvalue weighted by molar-refractivity contribution is -0.123. The Morgan fingerprint density at radius 1 is 1.33 bits per heavy atom. The van der Waals surface area contributed by atoms with Crippen LogP contribution in [-0.4, -0.2) is 83.8 Å². The molecule has 2 aliphatic heterocycles. The van der Waals surface area contributed by atoms with Gasteiger partial charge in [-0.2, -0.15) is 0 Å². The van der Waals surface area contributed by atoms with Crippen LogP contribution in [0, 0.1) is 0 Å². The fourth-order valence-electron chi connectivity index (χ4n) is 3.17. The minimum Gasteiger partial charge on any atom is -0.379 e. The van der Waals surface area contributed by atoms with Crippen molar-refractivity contribution in [2.24, 2.45) is 0 Å². The molecule has 132 valence electrons. The van der Waals surface area contributed by atoms with Crippen molar-refractivity contribution in [3.05, 3.63) is 24.3 Å². The van der Waals surface area contributed by atoms with Crippen molar-refractivity contribution in [1.82, 2.24) is 25.1 Å². The van der Waals surface area contributed by atoms with Crippen LogP contribution >= 0.6 is 0 Å². The highest BCUT2D eigenvalue weighted by molar-refractivity contribution is 5.78. The molecule has 2 atom stereocenters. The molecule has 0 bridgehead atoms. The summed E-state index contributed by atoms with van der Waals surface area (Å²) in [6, 6.07) is 1.74. The lowest BCUT2D eigenvalue weighted by Crippen LogP contribution is -2.46. The molecule has 7 nitrogen and oxygen atoms in total. The van der Waals surface area contributed by atoms with Crippen LogP contribution in [0.25, 0.3) is 0 Å². The zero-order valence-electron chi connectivity index (χ0n) is 13.7. The zero-order chi connectivity index (χ0) is 16.8. The molecule has 24 heavy (non-hydrogen) atoms. The molecule has 1 N–H and O–H groups in total. The van der Waals surface area contributed by atoms with Crippen molar-refractivity contribution in [1.29, 1.82) is 0 Å². The first-order valence-corrected chi connectivity index (χ1v) is 8.41. The molecule has 0 aliphatic carbocycles. The van der Waals surface area contributed by atoms with Crippen LogP contribution in [0.1, 0.15) is 12.2 Å². The van der Waals surface area contributed by atoms with Crippen LogP contribution in [-0.2, 0) is 16.1 Å². The predicted molar refractivity (Wildman–Crippen MR) is 86.0 cm³/mol. The molecule has 0 spiro atoms. The molecule has 2 aliphatic rings. The van der Waals surface area contributed by atoms with Gasteiger partial charge in [-0.1, -0.05) is 0 Å². The van der Waals surface area contributed by atoms with Gasteiger partial charge in [0.1, 0.15) is 12.0 Å². The van der Waals surface area contributed by atoms with E-state index >= 15 is 0 Å². The maximum Gasteiger partial charge on any atom is 0.234 e. The Bertz CT molecular complexity index is 526. The number of nitrogens with one attached hydrogen (secondary N) is 1. The molecule has 3 heterocycles. The van der Waals surface area contributed by atoms with Gasteiger partial charge in [-0.25, -0.2) is 14.4 Å². The number of halogens is 1. The van der Waals surface area contributed by atoms with Crippen molar-refractivity contribution >= 4 is 5.91 Å². The van der Waals surface area contributed by atoms with E-state index in [2.05, 4.69) is 20.2 Å². The SMILES string of the molecule is O=C(CN1CCOCC1)NC[C@@H]1C[C@H](F)CN1Cc1ncccn1. The number of aromatic nitrogens is 2.